The molecule has 6 nitrogen and oxygen atoms in total. The van der Waals surface area contributed by atoms with Crippen molar-refractivity contribution in [2.24, 2.45) is 0 Å². The van der Waals surface area contributed by atoms with E-state index in [1.54, 1.807) is 7.11 Å². The van der Waals surface area contributed by atoms with Crippen LogP contribution in [0.1, 0.15) is 36.1 Å². The van der Waals surface area contributed by atoms with Gasteiger partial charge in [-0.15, -0.1) is 0 Å². The van der Waals surface area contributed by atoms with Crippen LogP contribution in [-0.4, -0.2) is 78.5 Å². The zero-order chi connectivity index (χ0) is 24.5. The van der Waals surface area contributed by atoms with Gasteiger partial charge in [-0.05, 0) is 49.1 Å². The number of aromatic nitrogens is 2. The van der Waals surface area contributed by atoms with E-state index >= 15 is 0 Å². The number of nitrogens with zero attached hydrogens (tertiary/aromatic N) is 3. The highest BCUT2D eigenvalue weighted by molar-refractivity contribution is 5.83. The molecule has 2 aromatic carbocycles. The van der Waals surface area contributed by atoms with Crippen LogP contribution in [0.4, 0.5) is 13.2 Å². The van der Waals surface area contributed by atoms with E-state index in [1.807, 2.05) is 48.4 Å². The molecule has 1 unspecified atom stereocenters. The van der Waals surface area contributed by atoms with Gasteiger partial charge in [0.15, 0.2) is 0 Å². The summed E-state index contributed by atoms with van der Waals surface area (Å²) >= 11 is 0. The van der Waals surface area contributed by atoms with E-state index in [0.29, 0.717) is 24.3 Å². The Bertz CT molecular complexity index is 1160. The van der Waals surface area contributed by atoms with E-state index in [0.717, 1.165) is 47.2 Å². The van der Waals surface area contributed by atoms with Crippen molar-refractivity contribution in [3.8, 4) is 11.5 Å². The van der Waals surface area contributed by atoms with Gasteiger partial charge in [-0.1, -0.05) is 6.07 Å². The molecule has 5 rings (SSSR count). The van der Waals surface area contributed by atoms with Crippen molar-refractivity contribution in [1.29, 1.82) is 0 Å². The zero-order valence-electron chi connectivity index (χ0n) is 20.0. The van der Waals surface area contributed by atoms with Crippen molar-refractivity contribution < 1.29 is 22.6 Å². The van der Waals surface area contributed by atoms with E-state index in [4.69, 9.17) is 9.47 Å². The fraction of sp³-hybridized carbons (Fsp3) is 0.500. The van der Waals surface area contributed by atoms with Crippen molar-refractivity contribution in [3.63, 3.8) is 0 Å². The number of H-pyrrole nitrogens is 1. The van der Waals surface area contributed by atoms with Crippen LogP contribution in [0.15, 0.2) is 36.5 Å². The van der Waals surface area contributed by atoms with E-state index in [9.17, 15) is 13.2 Å². The van der Waals surface area contributed by atoms with Gasteiger partial charge in [-0.25, -0.2) is 8.78 Å². The van der Waals surface area contributed by atoms with Crippen LogP contribution < -0.4 is 9.47 Å². The van der Waals surface area contributed by atoms with Gasteiger partial charge in [0.1, 0.15) is 17.6 Å². The molecule has 2 aliphatic heterocycles. The van der Waals surface area contributed by atoms with Gasteiger partial charge >= 0.3 is 0 Å². The summed E-state index contributed by atoms with van der Waals surface area (Å²) in [6.07, 6.45) is 0.609. The maximum absolute atomic E-state index is 13.7. The maximum atomic E-state index is 13.7. The van der Waals surface area contributed by atoms with Crippen LogP contribution >= 0.6 is 0 Å². The summed E-state index contributed by atoms with van der Waals surface area (Å²) in [4.78, 5) is 4.03. The highest BCUT2D eigenvalue weighted by atomic mass is 19.3. The number of rotatable bonds is 9. The first-order valence-electron chi connectivity index (χ1n) is 12.1. The lowest BCUT2D eigenvalue weighted by Gasteiger charge is -2.42. The molecule has 35 heavy (non-hydrogen) atoms. The largest absolute Gasteiger partial charge is 0.496 e. The summed E-state index contributed by atoms with van der Waals surface area (Å²) in [5.74, 6) is 1.28. The standard InChI is InChI=1S/C26H31F3N4O2/c1-16-10-21-19(6-7-23-22(21)12-30-31-23)26(33(16)15-25(28)29)20-5-4-17(11-24(20)34-2)35-18-13-32(14-18)9-3-8-27/h4-7,11-12,16,18,25-26H,3,8-10,13-15H2,1-2H3,(H,30,31)/t16-,26?/m1/s1. The maximum Gasteiger partial charge on any atom is 0.251 e. The van der Waals surface area contributed by atoms with Crippen LogP contribution in [0, 0.1) is 0 Å². The Kier molecular flexibility index (Phi) is 6.88. The predicted octanol–water partition coefficient (Wildman–Crippen LogP) is 4.60. The number of halogens is 3. The first-order chi connectivity index (χ1) is 17.0. The number of ether oxygens (including phenoxy) is 2. The minimum Gasteiger partial charge on any atom is -0.496 e. The Balaban J connectivity index is 1.46. The zero-order valence-corrected chi connectivity index (χ0v) is 20.0. The monoisotopic (exact) mass is 488 g/mol. The summed E-state index contributed by atoms with van der Waals surface area (Å²) in [7, 11) is 1.59. The Morgan fingerprint density at radius 3 is 2.71 bits per heavy atom. The summed E-state index contributed by atoms with van der Waals surface area (Å²) in [5, 5.41) is 8.22. The second-order valence-electron chi connectivity index (χ2n) is 9.45. The SMILES string of the molecule is COc1cc(OC2CN(CCCF)C2)ccc1C1c2ccc3[nH]ncc3c2C[C@@H](C)N1CC(F)F. The number of nitrogens with one attached hydrogen (secondary N) is 1. The number of likely N-dealkylation sites (tertiary alicyclic amines) is 1. The summed E-state index contributed by atoms with van der Waals surface area (Å²) in [6.45, 7) is 3.63. The lowest BCUT2D eigenvalue weighted by atomic mass is 9.83. The first kappa shape index (κ1) is 23.9. The first-order valence-corrected chi connectivity index (χ1v) is 12.1. The molecule has 0 amide bonds. The Hall–Kier alpha value is -2.78. The van der Waals surface area contributed by atoms with Crippen molar-refractivity contribution in [3.05, 3.63) is 53.2 Å². The van der Waals surface area contributed by atoms with E-state index in [1.165, 1.54) is 0 Å². The molecule has 0 saturated carbocycles. The summed E-state index contributed by atoms with van der Waals surface area (Å²) in [5.41, 5.74) is 3.89. The van der Waals surface area contributed by atoms with Crippen LogP contribution in [0.5, 0.6) is 11.5 Å². The Morgan fingerprint density at radius 1 is 1.17 bits per heavy atom. The van der Waals surface area contributed by atoms with Crippen LogP contribution in [0.25, 0.3) is 10.9 Å². The minimum absolute atomic E-state index is 0.0466. The fourth-order valence-electron chi connectivity index (χ4n) is 5.46. The van der Waals surface area contributed by atoms with Gasteiger partial charge in [-0.2, -0.15) is 5.10 Å². The summed E-state index contributed by atoms with van der Waals surface area (Å²) in [6, 6.07) is 9.15. The quantitative estimate of drug-likeness (QED) is 0.477. The predicted molar refractivity (Wildman–Crippen MR) is 128 cm³/mol. The van der Waals surface area contributed by atoms with Crippen LogP contribution in [0.3, 0.4) is 0 Å². The molecule has 0 radical (unpaired) electrons. The minimum atomic E-state index is -2.45. The molecule has 3 heterocycles. The third kappa shape index (κ3) is 4.71. The topological polar surface area (TPSA) is 53.6 Å². The molecule has 2 aliphatic rings. The molecule has 0 bridgehead atoms. The van der Waals surface area contributed by atoms with E-state index in [-0.39, 0.29) is 31.4 Å². The number of fused-ring (bicyclic) bond motifs is 3. The molecule has 3 aromatic rings. The van der Waals surface area contributed by atoms with Gasteiger partial charge in [0, 0.05) is 42.7 Å². The van der Waals surface area contributed by atoms with Gasteiger partial charge in [0.05, 0.1) is 38.1 Å². The van der Waals surface area contributed by atoms with Gasteiger partial charge in [-0.3, -0.25) is 19.3 Å². The number of alkyl halides is 3. The Morgan fingerprint density at radius 2 is 1.97 bits per heavy atom. The third-order valence-corrected chi connectivity index (χ3v) is 7.15. The normalized spacial score (nSPS) is 21.3. The molecule has 1 N–H and O–H groups in total. The molecule has 0 spiro atoms. The Labute approximate surface area is 203 Å². The molecule has 1 fully saturated rings. The van der Waals surface area contributed by atoms with Crippen molar-refractivity contribution in [2.45, 2.75) is 44.4 Å². The molecule has 2 atom stereocenters. The molecule has 9 heteroatoms. The number of methoxy groups -OCH3 is 1. The molecule has 1 aromatic heterocycles. The average molecular weight is 489 g/mol. The van der Waals surface area contributed by atoms with Crippen LogP contribution in [0.2, 0.25) is 0 Å². The fourth-order valence-corrected chi connectivity index (χ4v) is 5.46. The van der Waals surface area contributed by atoms with Gasteiger partial charge < -0.3 is 9.47 Å². The molecular formula is C26H31F3N4O2. The number of benzene rings is 2. The number of hydrogen-bond donors (Lipinski definition) is 1. The smallest absolute Gasteiger partial charge is 0.251 e. The van der Waals surface area contributed by atoms with Crippen molar-refractivity contribution in [2.75, 3.05) is 40.0 Å². The lowest BCUT2D eigenvalue weighted by molar-refractivity contribution is 0.0182. The molecule has 1 saturated heterocycles. The van der Waals surface area contributed by atoms with Crippen LogP contribution in [-0.2, 0) is 6.42 Å². The van der Waals surface area contributed by atoms with Crippen molar-refractivity contribution >= 4 is 10.9 Å². The second kappa shape index (κ2) is 10.1. The van der Waals surface area contributed by atoms with E-state index < -0.39 is 6.43 Å². The van der Waals surface area contributed by atoms with Gasteiger partial charge in [0.2, 0.25) is 0 Å². The average Bonchev–Trinajstić information content (AvgIpc) is 3.30. The molecule has 188 valence electrons. The second-order valence-corrected chi connectivity index (χ2v) is 9.45. The van der Waals surface area contributed by atoms with Gasteiger partial charge in [0.25, 0.3) is 6.43 Å². The molecule has 0 aliphatic carbocycles. The number of aromatic amines is 1. The molecular weight excluding hydrogens is 457 g/mol. The third-order valence-electron chi connectivity index (χ3n) is 7.15. The summed E-state index contributed by atoms with van der Waals surface area (Å²) < 4.78 is 51.6. The highest BCUT2D eigenvalue weighted by Crippen LogP contribution is 2.44. The van der Waals surface area contributed by atoms with E-state index in [2.05, 4.69) is 15.1 Å². The lowest BCUT2D eigenvalue weighted by Crippen LogP contribution is -2.53. The highest BCUT2D eigenvalue weighted by Gasteiger charge is 2.37. The number of hydrogen-bond acceptors (Lipinski definition) is 5. The van der Waals surface area contributed by atoms with Crippen molar-refractivity contribution in [1.82, 2.24) is 20.0 Å².